The van der Waals surface area contributed by atoms with Gasteiger partial charge >= 0.3 is 0 Å². The number of carbonyl (C=O) groups is 1. The van der Waals surface area contributed by atoms with Crippen LogP contribution in [0.2, 0.25) is 0 Å². The van der Waals surface area contributed by atoms with Gasteiger partial charge < -0.3 is 15.8 Å². The molecule has 1 atom stereocenters. The zero-order valence-corrected chi connectivity index (χ0v) is 13.1. The first kappa shape index (κ1) is 16.5. The average Bonchev–Trinajstić information content (AvgIpc) is 2.34. The predicted octanol–water partition coefficient (Wildman–Crippen LogP) is 2.46. The topological polar surface area (TPSA) is 64.4 Å². The number of carbonyl (C=O) groups excluding carboxylic acids is 1. The lowest BCUT2D eigenvalue weighted by Crippen LogP contribution is -2.43. The highest BCUT2D eigenvalue weighted by Crippen LogP contribution is 2.22. The molecular formula is C16H26N2O2. The number of nitrogens with one attached hydrogen (secondary N) is 1. The molecule has 4 nitrogen and oxygen atoms in total. The van der Waals surface area contributed by atoms with Gasteiger partial charge in [0.1, 0.15) is 11.4 Å². The Balaban J connectivity index is 2.71. The van der Waals surface area contributed by atoms with Gasteiger partial charge in [-0.25, -0.2) is 0 Å². The highest BCUT2D eigenvalue weighted by atomic mass is 16.5. The van der Waals surface area contributed by atoms with Gasteiger partial charge in [0.15, 0.2) is 0 Å². The predicted molar refractivity (Wildman–Crippen MR) is 81.5 cm³/mol. The highest BCUT2D eigenvalue weighted by Gasteiger charge is 2.18. The number of nitrogens with two attached hydrogens (primary N) is 1. The van der Waals surface area contributed by atoms with Crippen molar-refractivity contribution in [2.45, 2.75) is 52.8 Å². The maximum absolute atomic E-state index is 11.9. The van der Waals surface area contributed by atoms with Crippen LogP contribution in [0.3, 0.4) is 0 Å². The van der Waals surface area contributed by atoms with E-state index in [1.807, 2.05) is 58.9 Å². The van der Waals surface area contributed by atoms with Crippen molar-refractivity contribution in [1.29, 1.82) is 0 Å². The molecule has 0 aromatic heterocycles. The molecular weight excluding hydrogens is 252 g/mol. The monoisotopic (exact) mass is 278 g/mol. The van der Waals surface area contributed by atoms with E-state index >= 15 is 0 Å². The molecule has 112 valence electrons. The second-order valence-corrected chi connectivity index (χ2v) is 6.31. The zero-order chi connectivity index (χ0) is 15.3. The summed E-state index contributed by atoms with van der Waals surface area (Å²) >= 11 is 0. The van der Waals surface area contributed by atoms with Gasteiger partial charge in [0, 0.05) is 12.1 Å². The van der Waals surface area contributed by atoms with E-state index in [2.05, 4.69) is 5.32 Å². The summed E-state index contributed by atoms with van der Waals surface area (Å²) in [5, 5.41) is 2.86. The summed E-state index contributed by atoms with van der Waals surface area (Å²) in [4.78, 5) is 11.9. The quantitative estimate of drug-likeness (QED) is 0.869. The third-order valence-electron chi connectivity index (χ3n) is 2.86. The Morgan fingerprint density at radius 2 is 1.90 bits per heavy atom. The first-order chi connectivity index (χ1) is 9.20. The van der Waals surface area contributed by atoms with Gasteiger partial charge in [-0.2, -0.15) is 0 Å². The largest absolute Gasteiger partial charge is 0.488 e. The maximum atomic E-state index is 11.9. The van der Waals surface area contributed by atoms with Crippen molar-refractivity contribution >= 4 is 5.91 Å². The molecule has 0 aliphatic heterocycles. The second-order valence-electron chi connectivity index (χ2n) is 6.31. The van der Waals surface area contributed by atoms with Crippen LogP contribution in [0.5, 0.6) is 5.75 Å². The van der Waals surface area contributed by atoms with Crippen LogP contribution in [0.15, 0.2) is 24.3 Å². The minimum Gasteiger partial charge on any atom is -0.488 e. The number of rotatable bonds is 5. The van der Waals surface area contributed by atoms with Gasteiger partial charge in [0.25, 0.3) is 0 Å². The van der Waals surface area contributed by atoms with Crippen LogP contribution in [0.1, 0.15) is 40.2 Å². The fraction of sp³-hybridized carbons (Fsp3) is 0.562. The molecule has 0 aliphatic rings. The first-order valence-electron chi connectivity index (χ1n) is 7.01. The van der Waals surface area contributed by atoms with Crippen molar-refractivity contribution < 1.29 is 9.53 Å². The fourth-order valence-electron chi connectivity index (χ4n) is 1.68. The zero-order valence-electron chi connectivity index (χ0n) is 13.1. The van der Waals surface area contributed by atoms with E-state index < -0.39 is 6.04 Å². The van der Waals surface area contributed by atoms with Crippen LogP contribution in [0.25, 0.3) is 0 Å². The molecule has 0 spiro atoms. The molecule has 0 saturated carbocycles. The molecule has 1 unspecified atom stereocenters. The molecule has 4 heteroatoms. The van der Waals surface area contributed by atoms with Crippen LogP contribution in [-0.2, 0) is 11.3 Å². The summed E-state index contributed by atoms with van der Waals surface area (Å²) in [6.45, 7) is 10.3. The van der Waals surface area contributed by atoms with Crippen molar-refractivity contribution in [3.05, 3.63) is 29.8 Å². The van der Waals surface area contributed by atoms with Gasteiger partial charge in [-0.3, -0.25) is 4.79 Å². The Bertz CT molecular complexity index is 450. The number of hydrogen-bond acceptors (Lipinski definition) is 3. The number of para-hydroxylation sites is 1. The normalized spacial score (nSPS) is 13.2. The Kier molecular flexibility index (Phi) is 5.57. The van der Waals surface area contributed by atoms with Gasteiger partial charge in [-0.05, 0) is 32.8 Å². The standard InChI is InChI=1S/C16H26N2O2/c1-11(2)14(17)15(19)18-10-12-8-6-7-9-13(12)20-16(3,4)5/h6-9,11,14H,10,17H2,1-5H3,(H,18,19). The van der Waals surface area contributed by atoms with E-state index in [1.165, 1.54) is 0 Å². The maximum Gasteiger partial charge on any atom is 0.237 e. The van der Waals surface area contributed by atoms with E-state index in [0.29, 0.717) is 6.54 Å². The van der Waals surface area contributed by atoms with Crippen LogP contribution >= 0.6 is 0 Å². The lowest BCUT2D eigenvalue weighted by atomic mass is 10.0. The van der Waals surface area contributed by atoms with Crippen molar-refractivity contribution in [1.82, 2.24) is 5.32 Å². The van der Waals surface area contributed by atoms with Gasteiger partial charge in [0.05, 0.1) is 6.04 Å². The number of benzene rings is 1. The summed E-state index contributed by atoms with van der Waals surface area (Å²) in [5.41, 5.74) is 6.50. The van der Waals surface area contributed by atoms with E-state index in [-0.39, 0.29) is 17.4 Å². The third kappa shape index (κ3) is 5.21. The number of hydrogen-bond donors (Lipinski definition) is 2. The molecule has 0 heterocycles. The summed E-state index contributed by atoms with van der Waals surface area (Å²) in [5.74, 6) is 0.778. The Morgan fingerprint density at radius 1 is 1.30 bits per heavy atom. The Hall–Kier alpha value is -1.55. The summed E-state index contributed by atoms with van der Waals surface area (Å²) in [7, 11) is 0. The molecule has 20 heavy (non-hydrogen) atoms. The smallest absolute Gasteiger partial charge is 0.237 e. The third-order valence-corrected chi connectivity index (χ3v) is 2.86. The minimum atomic E-state index is -0.481. The summed E-state index contributed by atoms with van der Waals surface area (Å²) in [6, 6.07) is 7.23. The van der Waals surface area contributed by atoms with Gasteiger partial charge in [0.2, 0.25) is 5.91 Å². The molecule has 1 aromatic rings. The van der Waals surface area contributed by atoms with Crippen molar-refractivity contribution in [3.63, 3.8) is 0 Å². The van der Waals surface area contributed by atoms with Crippen molar-refractivity contribution in [2.75, 3.05) is 0 Å². The molecule has 3 N–H and O–H groups in total. The fourth-order valence-corrected chi connectivity index (χ4v) is 1.68. The van der Waals surface area contributed by atoms with Crippen LogP contribution in [0, 0.1) is 5.92 Å². The van der Waals surface area contributed by atoms with Crippen LogP contribution in [0.4, 0.5) is 0 Å². The minimum absolute atomic E-state index is 0.121. The molecule has 1 amide bonds. The molecule has 0 radical (unpaired) electrons. The highest BCUT2D eigenvalue weighted by molar-refractivity contribution is 5.81. The summed E-state index contributed by atoms with van der Waals surface area (Å²) in [6.07, 6.45) is 0. The van der Waals surface area contributed by atoms with E-state index in [1.54, 1.807) is 0 Å². The first-order valence-corrected chi connectivity index (χ1v) is 7.01. The Labute approximate surface area is 121 Å². The summed E-state index contributed by atoms with van der Waals surface area (Å²) < 4.78 is 5.89. The molecule has 0 aliphatic carbocycles. The SMILES string of the molecule is CC(C)C(N)C(=O)NCc1ccccc1OC(C)(C)C. The van der Waals surface area contributed by atoms with Crippen molar-refractivity contribution in [3.8, 4) is 5.75 Å². The number of amides is 1. The van der Waals surface area contributed by atoms with Crippen LogP contribution < -0.4 is 15.8 Å². The Morgan fingerprint density at radius 3 is 2.45 bits per heavy atom. The molecule has 0 saturated heterocycles. The van der Waals surface area contributed by atoms with Gasteiger partial charge in [-0.15, -0.1) is 0 Å². The average molecular weight is 278 g/mol. The lowest BCUT2D eigenvalue weighted by molar-refractivity contribution is -0.123. The number of ether oxygens (including phenoxy) is 1. The second kappa shape index (κ2) is 6.75. The lowest BCUT2D eigenvalue weighted by Gasteiger charge is -2.23. The van der Waals surface area contributed by atoms with Gasteiger partial charge in [-0.1, -0.05) is 32.0 Å². The molecule has 1 rings (SSSR count). The van der Waals surface area contributed by atoms with E-state index in [9.17, 15) is 4.79 Å². The van der Waals surface area contributed by atoms with Crippen LogP contribution in [-0.4, -0.2) is 17.6 Å². The van der Waals surface area contributed by atoms with E-state index in [4.69, 9.17) is 10.5 Å². The van der Waals surface area contributed by atoms with E-state index in [0.717, 1.165) is 11.3 Å². The van der Waals surface area contributed by atoms with Crippen molar-refractivity contribution in [2.24, 2.45) is 11.7 Å². The molecule has 0 fully saturated rings. The molecule has 0 bridgehead atoms. The molecule has 1 aromatic carbocycles.